The monoisotopic (exact) mass is 917 g/mol. The molecule has 2 rings (SSSR count). The van der Waals surface area contributed by atoms with Gasteiger partial charge < -0.3 is 64.2 Å². The second-order valence-electron chi connectivity index (χ2n) is 17.6. The van der Waals surface area contributed by atoms with E-state index in [9.17, 15) is 45.3 Å². The minimum atomic E-state index is -1.76. The zero-order valence-corrected chi connectivity index (χ0v) is 39.3. The van der Waals surface area contributed by atoms with Crippen molar-refractivity contribution in [1.82, 2.24) is 0 Å². The van der Waals surface area contributed by atoms with Gasteiger partial charge in [-0.05, 0) is 44.9 Å². The van der Waals surface area contributed by atoms with Crippen molar-refractivity contribution in [1.29, 1.82) is 0 Å². The van der Waals surface area contributed by atoms with E-state index in [4.69, 9.17) is 28.4 Å². The molecule has 2 heterocycles. The van der Waals surface area contributed by atoms with Gasteiger partial charge in [-0.25, -0.2) is 0 Å². The molecule has 4 unspecified atom stereocenters. The number of rotatable bonds is 38. The Hall–Kier alpha value is -2.02. The van der Waals surface area contributed by atoms with Crippen LogP contribution in [-0.4, -0.2) is 142 Å². The van der Waals surface area contributed by atoms with E-state index >= 15 is 0 Å². The minimum Gasteiger partial charge on any atom is -0.462 e. The van der Waals surface area contributed by atoms with Gasteiger partial charge >= 0.3 is 11.9 Å². The fourth-order valence-electron chi connectivity index (χ4n) is 7.78. The van der Waals surface area contributed by atoms with E-state index in [-0.39, 0.29) is 26.1 Å². The number of hydrogen-bond acceptors (Lipinski definition) is 15. The molecular weight excluding hydrogens is 829 g/mol. The summed E-state index contributed by atoms with van der Waals surface area (Å²) in [6, 6.07) is 0. The van der Waals surface area contributed by atoms with Gasteiger partial charge in [-0.3, -0.25) is 9.59 Å². The Kier molecular flexibility index (Phi) is 33.6. The number of allylic oxidation sites excluding steroid dienone is 4. The van der Waals surface area contributed by atoms with E-state index in [2.05, 4.69) is 38.2 Å². The van der Waals surface area contributed by atoms with Gasteiger partial charge in [0.25, 0.3) is 0 Å². The zero-order valence-electron chi connectivity index (χ0n) is 39.3. The SMILES string of the molecule is CCCCC/C=C/C/C=C/CCCCCCCCCCCC(=O)OC[C@@H](CO[C@@H]1O[C@H](CO[C@@H]2O[C@H](CO)[C@H](O)C(O)C2O)[C@H](O)C(O)C1O)OC(=O)CCCCCCCCCCC. The molecule has 0 amide bonds. The third-order valence-electron chi connectivity index (χ3n) is 11.9. The van der Waals surface area contributed by atoms with Crippen molar-refractivity contribution in [3.63, 3.8) is 0 Å². The Morgan fingerprint density at radius 1 is 0.500 bits per heavy atom. The smallest absolute Gasteiger partial charge is 0.306 e. The molecule has 64 heavy (non-hydrogen) atoms. The highest BCUT2D eigenvalue weighted by atomic mass is 16.7. The fraction of sp³-hybridized carbons (Fsp3) is 0.878. The molecule has 7 N–H and O–H groups in total. The molecule has 2 aliphatic rings. The lowest BCUT2D eigenvalue weighted by Gasteiger charge is -2.42. The molecule has 0 aliphatic carbocycles. The highest BCUT2D eigenvalue weighted by Crippen LogP contribution is 2.26. The first kappa shape index (κ1) is 58.1. The van der Waals surface area contributed by atoms with E-state index in [0.29, 0.717) is 12.8 Å². The highest BCUT2D eigenvalue weighted by molar-refractivity contribution is 5.70. The van der Waals surface area contributed by atoms with Crippen molar-refractivity contribution in [2.45, 2.75) is 248 Å². The molecule has 0 aromatic heterocycles. The average Bonchev–Trinajstić information content (AvgIpc) is 3.29. The van der Waals surface area contributed by atoms with Crippen molar-refractivity contribution in [3.8, 4) is 0 Å². The molecular formula is C49H88O15. The van der Waals surface area contributed by atoms with Crippen LogP contribution in [0.2, 0.25) is 0 Å². The van der Waals surface area contributed by atoms with E-state index in [1.165, 1.54) is 89.9 Å². The van der Waals surface area contributed by atoms with E-state index < -0.39 is 92.7 Å². The van der Waals surface area contributed by atoms with Crippen LogP contribution in [0, 0.1) is 0 Å². The minimum absolute atomic E-state index is 0.166. The van der Waals surface area contributed by atoms with Crippen LogP contribution < -0.4 is 0 Å². The summed E-state index contributed by atoms with van der Waals surface area (Å²) >= 11 is 0. The summed E-state index contributed by atoms with van der Waals surface area (Å²) in [5, 5.41) is 71.9. The topological polar surface area (TPSA) is 231 Å². The molecule has 15 heteroatoms. The number of ether oxygens (including phenoxy) is 6. The van der Waals surface area contributed by atoms with E-state index in [1.54, 1.807) is 0 Å². The van der Waals surface area contributed by atoms with Crippen LogP contribution in [0.25, 0.3) is 0 Å². The molecule has 0 spiro atoms. The Balaban J connectivity index is 1.77. The summed E-state index contributed by atoms with van der Waals surface area (Å²) in [4.78, 5) is 25.6. The van der Waals surface area contributed by atoms with Crippen LogP contribution in [0.4, 0.5) is 0 Å². The number of carbonyl (C=O) groups is 2. The van der Waals surface area contributed by atoms with Crippen LogP contribution >= 0.6 is 0 Å². The predicted octanol–water partition coefficient (Wildman–Crippen LogP) is 6.38. The number of hydrogen-bond donors (Lipinski definition) is 7. The molecule has 0 saturated carbocycles. The lowest BCUT2D eigenvalue weighted by Crippen LogP contribution is -2.61. The van der Waals surface area contributed by atoms with E-state index in [0.717, 1.165) is 51.4 Å². The van der Waals surface area contributed by atoms with Gasteiger partial charge in [0, 0.05) is 12.8 Å². The first-order valence-electron chi connectivity index (χ1n) is 24.9. The molecule has 0 bridgehead atoms. The van der Waals surface area contributed by atoms with Crippen molar-refractivity contribution >= 4 is 11.9 Å². The Morgan fingerprint density at radius 3 is 1.48 bits per heavy atom. The molecule has 0 aromatic rings. The van der Waals surface area contributed by atoms with Crippen molar-refractivity contribution < 1.29 is 73.8 Å². The normalized spacial score (nSPS) is 26.8. The molecule has 2 aliphatic heterocycles. The Morgan fingerprint density at radius 2 is 0.938 bits per heavy atom. The summed E-state index contributed by atoms with van der Waals surface area (Å²) in [6.07, 6.45) is 19.4. The second kappa shape index (κ2) is 37.0. The van der Waals surface area contributed by atoms with Crippen LogP contribution in [0.5, 0.6) is 0 Å². The quantitative estimate of drug-likeness (QED) is 0.0203. The third kappa shape index (κ3) is 25.2. The van der Waals surface area contributed by atoms with Gasteiger partial charge in [-0.2, -0.15) is 0 Å². The molecule has 11 atom stereocenters. The van der Waals surface area contributed by atoms with Crippen molar-refractivity contribution in [2.75, 3.05) is 26.4 Å². The highest BCUT2D eigenvalue weighted by Gasteiger charge is 2.47. The Bertz CT molecular complexity index is 1220. The predicted molar refractivity (Wildman–Crippen MR) is 243 cm³/mol. The van der Waals surface area contributed by atoms with Crippen LogP contribution in [-0.2, 0) is 38.0 Å². The maximum atomic E-state index is 12.9. The second-order valence-corrected chi connectivity index (χ2v) is 17.6. The molecule has 0 radical (unpaired) electrons. The summed E-state index contributed by atoms with van der Waals surface area (Å²) < 4.78 is 33.5. The summed E-state index contributed by atoms with van der Waals surface area (Å²) in [5.74, 6) is -0.929. The maximum absolute atomic E-state index is 12.9. The number of aliphatic hydroxyl groups excluding tert-OH is 7. The molecule has 2 saturated heterocycles. The molecule has 0 aromatic carbocycles. The fourth-order valence-corrected chi connectivity index (χ4v) is 7.78. The number of unbranched alkanes of at least 4 members (excludes halogenated alkanes) is 20. The zero-order chi connectivity index (χ0) is 46.8. The van der Waals surface area contributed by atoms with Crippen LogP contribution in [0.1, 0.15) is 181 Å². The molecule has 2 fully saturated rings. The third-order valence-corrected chi connectivity index (χ3v) is 11.9. The van der Waals surface area contributed by atoms with Crippen LogP contribution in [0.3, 0.4) is 0 Å². The number of aliphatic hydroxyl groups is 7. The summed E-state index contributed by atoms with van der Waals surface area (Å²) in [5.41, 5.74) is 0. The number of esters is 2. The van der Waals surface area contributed by atoms with Crippen LogP contribution in [0.15, 0.2) is 24.3 Å². The first-order chi connectivity index (χ1) is 31.0. The summed E-state index contributed by atoms with van der Waals surface area (Å²) in [6.45, 7) is 2.53. The van der Waals surface area contributed by atoms with E-state index in [1.807, 2.05) is 0 Å². The Labute approximate surface area is 383 Å². The van der Waals surface area contributed by atoms with Gasteiger partial charge in [-0.1, -0.05) is 147 Å². The van der Waals surface area contributed by atoms with Gasteiger partial charge in [-0.15, -0.1) is 0 Å². The summed E-state index contributed by atoms with van der Waals surface area (Å²) in [7, 11) is 0. The molecule has 15 nitrogen and oxygen atoms in total. The van der Waals surface area contributed by atoms with Crippen molar-refractivity contribution in [3.05, 3.63) is 24.3 Å². The lowest BCUT2D eigenvalue weighted by atomic mass is 9.98. The maximum Gasteiger partial charge on any atom is 0.306 e. The van der Waals surface area contributed by atoms with Gasteiger partial charge in [0.2, 0.25) is 0 Å². The first-order valence-corrected chi connectivity index (χ1v) is 24.9. The van der Waals surface area contributed by atoms with Gasteiger partial charge in [0.15, 0.2) is 18.7 Å². The van der Waals surface area contributed by atoms with Crippen molar-refractivity contribution in [2.24, 2.45) is 0 Å². The standard InChI is InChI=1S/C49H88O15/c1-3-5-7-9-11-13-14-15-16-17-18-19-20-21-22-24-25-27-29-31-40(51)59-34-37(62-41(52)32-30-28-26-23-12-10-8-6-4-2)35-60-48-47(58)45(56)43(54)39(64-48)36-61-49-46(57)44(55)42(53)38(33-50)63-49/h11,13,15-16,37-39,42-50,53-58H,3-10,12,14,17-36H2,1-2H3/b13-11+,16-15+/t37-,38+,39+,42-,43-,44?,45?,46?,47?,48+,49+/m0/s1. The molecule has 374 valence electrons. The van der Waals surface area contributed by atoms with Gasteiger partial charge in [0.1, 0.15) is 55.4 Å². The lowest BCUT2D eigenvalue weighted by molar-refractivity contribution is -0.332. The number of carbonyl (C=O) groups excluding carboxylic acids is 2. The largest absolute Gasteiger partial charge is 0.462 e. The average molecular weight is 917 g/mol. The van der Waals surface area contributed by atoms with Gasteiger partial charge in [0.05, 0.1) is 19.8 Å².